The van der Waals surface area contributed by atoms with Gasteiger partial charge in [-0.2, -0.15) is 0 Å². The van der Waals surface area contributed by atoms with Gasteiger partial charge in [0.2, 0.25) is 15.9 Å². The van der Waals surface area contributed by atoms with Crippen LogP contribution in [0.2, 0.25) is 0 Å². The highest BCUT2D eigenvalue weighted by atomic mass is 32.2. The highest BCUT2D eigenvalue weighted by Gasteiger charge is 2.19. The molecule has 3 N–H and O–H groups in total. The van der Waals surface area contributed by atoms with Gasteiger partial charge in [-0.15, -0.1) is 10.2 Å². The fourth-order valence-electron chi connectivity index (χ4n) is 2.97. The maximum atomic E-state index is 12.7. The summed E-state index contributed by atoms with van der Waals surface area (Å²) in [7, 11) is -3.89. The first-order valence-electron chi connectivity index (χ1n) is 9.24. The molecule has 12 heteroatoms. The molecule has 0 atom stereocenters. The Labute approximate surface area is 181 Å². The minimum Gasteiger partial charge on any atom is -0.493 e. The first kappa shape index (κ1) is 21.1. The average Bonchev–Trinajstić information content (AvgIpc) is 3.11. The van der Waals surface area contributed by atoms with E-state index in [1.165, 1.54) is 36.4 Å². The number of aromatic hydroxyl groups is 1. The largest absolute Gasteiger partial charge is 0.493 e. The number of fused-ring (bicyclic) bond motifs is 1. The summed E-state index contributed by atoms with van der Waals surface area (Å²) in [6.07, 6.45) is 1.56. The van der Waals surface area contributed by atoms with Crippen LogP contribution in [0.3, 0.4) is 0 Å². The van der Waals surface area contributed by atoms with Crippen LogP contribution >= 0.6 is 0 Å². The van der Waals surface area contributed by atoms with Crippen LogP contribution in [0.15, 0.2) is 82.0 Å². The quantitative estimate of drug-likeness (QED) is 0.217. The van der Waals surface area contributed by atoms with Crippen molar-refractivity contribution in [1.82, 2.24) is 14.7 Å². The van der Waals surface area contributed by atoms with E-state index in [1.807, 2.05) is 0 Å². The fraction of sp³-hybridized carbons (Fsp3) is 0.0500. The number of benzene rings is 2. The Morgan fingerprint density at radius 3 is 2.62 bits per heavy atom. The second-order valence-electron chi connectivity index (χ2n) is 6.62. The van der Waals surface area contributed by atoms with Crippen LogP contribution in [-0.2, 0) is 16.6 Å². The lowest BCUT2D eigenvalue weighted by atomic mass is 10.2. The fourth-order valence-corrected chi connectivity index (χ4v) is 4.00. The summed E-state index contributed by atoms with van der Waals surface area (Å²) in [6.45, 7) is 0.00381. The Hall–Kier alpha value is -4.16. The molecule has 2 aromatic carbocycles. The summed E-state index contributed by atoms with van der Waals surface area (Å²) >= 11 is 0. The third-order valence-electron chi connectivity index (χ3n) is 4.54. The molecule has 0 bridgehead atoms. The lowest BCUT2D eigenvalue weighted by Crippen LogP contribution is -2.23. The number of azo groups is 1. The third-order valence-corrected chi connectivity index (χ3v) is 5.94. The number of aromatic amines is 1. The van der Waals surface area contributed by atoms with Crippen molar-refractivity contribution in [3.8, 4) is 5.88 Å². The minimum absolute atomic E-state index is 0.00381. The predicted molar refractivity (Wildman–Crippen MR) is 115 cm³/mol. The number of nitrogens with one attached hydrogen (secondary N) is 2. The van der Waals surface area contributed by atoms with E-state index in [9.17, 15) is 23.6 Å². The zero-order valence-corrected chi connectivity index (χ0v) is 17.2. The molecule has 2 heterocycles. The van der Waals surface area contributed by atoms with Gasteiger partial charge in [-0.3, -0.25) is 15.1 Å². The summed E-state index contributed by atoms with van der Waals surface area (Å²) in [4.78, 5) is 17.3. The zero-order chi connectivity index (χ0) is 22.7. The van der Waals surface area contributed by atoms with Crippen molar-refractivity contribution in [3.05, 3.63) is 82.7 Å². The summed E-state index contributed by atoms with van der Waals surface area (Å²) in [5.74, 6) is -0.349. The van der Waals surface area contributed by atoms with Gasteiger partial charge in [-0.05, 0) is 36.4 Å². The normalized spacial score (nSPS) is 11.9. The van der Waals surface area contributed by atoms with Crippen LogP contribution in [0, 0.1) is 10.1 Å². The predicted octanol–water partition coefficient (Wildman–Crippen LogP) is 4.07. The number of sulfonamides is 1. The number of hydrogen-bond donors (Lipinski definition) is 3. The molecule has 32 heavy (non-hydrogen) atoms. The van der Waals surface area contributed by atoms with E-state index in [0.29, 0.717) is 11.2 Å². The number of pyridine rings is 1. The Morgan fingerprint density at radius 1 is 1.09 bits per heavy atom. The van der Waals surface area contributed by atoms with Gasteiger partial charge in [0.1, 0.15) is 0 Å². The molecule has 0 fully saturated rings. The van der Waals surface area contributed by atoms with E-state index in [4.69, 9.17) is 0 Å². The highest BCUT2D eigenvalue weighted by molar-refractivity contribution is 7.89. The maximum absolute atomic E-state index is 12.7. The molecular weight excluding hydrogens is 436 g/mol. The molecule has 0 saturated carbocycles. The standard InChI is InChI=1S/C20H16N6O5S/c27-20-19(25-24-17-6-1-2-7-18(17)26(28)29)15-11-14(8-9-16(15)23-20)32(30,31)22-12-13-5-3-4-10-21-13/h1-11,22-23,27H,12H2. The van der Waals surface area contributed by atoms with Gasteiger partial charge >= 0.3 is 0 Å². The molecule has 4 rings (SSSR count). The number of nitro groups is 1. The lowest BCUT2D eigenvalue weighted by molar-refractivity contribution is -0.384. The molecule has 11 nitrogen and oxygen atoms in total. The molecule has 0 spiro atoms. The second-order valence-corrected chi connectivity index (χ2v) is 8.39. The van der Waals surface area contributed by atoms with Crippen molar-refractivity contribution in [2.45, 2.75) is 11.4 Å². The first-order valence-corrected chi connectivity index (χ1v) is 10.7. The molecule has 0 aliphatic heterocycles. The van der Waals surface area contributed by atoms with E-state index >= 15 is 0 Å². The molecule has 0 unspecified atom stereocenters. The van der Waals surface area contributed by atoms with Crippen LogP contribution in [0.4, 0.5) is 17.1 Å². The van der Waals surface area contributed by atoms with E-state index < -0.39 is 14.9 Å². The number of hydrogen-bond acceptors (Lipinski definition) is 8. The molecule has 0 aliphatic carbocycles. The molecule has 0 aliphatic rings. The monoisotopic (exact) mass is 452 g/mol. The third kappa shape index (κ3) is 4.31. The van der Waals surface area contributed by atoms with Crippen LogP contribution in [0.1, 0.15) is 5.69 Å². The Balaban J connectivity index is 1.68. The van der Waals surface area contributed by atoms with Gasteiger partial charge in [0.25, 0.3) is 5.69 Å². The maximum Gasteiger partial charge on any atom is 0.296 e. The van der Waals surface area contributed by atoms with Crippen molar-refractivity contribution in [1.29, 1.82) is 0 Å². The number of nitro benzene ring substituents is 1. The van der Waals surface area contributed by atoms with Crippen molar-refractivity contribution >= 4 is 38.0 Å². The van der Waals surface area contributed by atoms with Gasteiger partial charge in [-0.25, -0.2) is 13.1 Å². The van der Waals surface area contributed by atoms with Crippen LogP contribution in [0.25, 0.3) is 10.9 Å². The molecule has 0 saturated heterocycles. The van der Waals surface area contributed by atoms with Gasteiger partial charge in [0.05, 0.1) is 27.6 Å². The number of aromatic nitrogens is 2. The van der Waals surface area contributed by atoms with Gasteiger partial charge in [0.15, 0.2) is 11.4 Å². The zero-order valence-electron chi connectivity index (χ0n) is 16.3. The average molecular weight is 452 g/mol. The Bertz CT molecular complexity index is 1430. The van der Waals surface area contributed by atoms with Gasteiger partial charge in [-0.1, -0.05) is 18.2 Å². The van der Waals surface area contributed by atoms with Crippen molar-refractivity contribution < 1.29 is 18.4 Å². The summed E-state index contributed by atoms with van der Waals surface area (Å²) in [5.41, 5.74) is 0.669. The molecular formula is C20H16N6O5S. The van der Waals surface area contributed by atoms with Crippen molar-refractivity contribution in [2.24, 2.45) is 10.2 Å². The number of para-hydroxylation sites is 1. The Kier molecular flexibility index (Phi) is 5.62. The lowest BCUT2D eigenvalue weighted by Gasteiger charge is -2.06. The van der Waals surface area contributed by atoms with Gasteiger partial charge < -0.3 is 10.1 Å². The molecule has 4 aromatic rings. The summed E-state index contributed by atoms with van der Waals surface area (Å²) < 4.78 is 27.9. The van der Waals surface area contributed by atoms with Crippen LogP contribution in [0.5, 0.6) is 5.88 Å². The SMILES string of the molecule is O=[N+]([O-])c1ccccc1N=Nc1c(O)[nH]c2ccc(S(=O)(=O)NCc3ccccn3)cc12. The van der Waals surface area contributed by atoms with Crippen molar-refractivity contribution in [3.63, 3.8) is 0 Å². The molecule has 0 radical (unpaired) electrons. The number of H-pyrrole nitrogens is 1. The summed E-state index contributed by atoms with van der Waals surface area (Å²) in [6, 6.07) is 15.1. The van der Waals surface area contributed by atoms with Crippen LogP contribution < -0.4 is 4.72 Å². The Morgan fingerprint density at radius 2 is 1.88 bits per heavy atom. The minimum atomic E-state index is -3.89. The highest BCUT2D eigenvalue weighted by Crippen LogP contribution is 2.38. The molecule has 2 aromatic heterocycles. The topological polar surface area (TPSA) is 163 Å². The number of rotatable bonds is 7. The second kappa shape index (κ2) is 8.53. The van der Waals surface area contributed by atoms with Gasteiger partial charge in [0, 0.05) is 17.6 Å². The molecule has 162 valence electrons. The van der Waals surface area contributed by atoms with Crippen LogP contribution in [-0.4, -0.2) is 28.4 Å². The molecule has 0 amide bonds. The smallest absolute Gasteiger partial charge is 0.296 e. The van der Waals surface area contributed by atoms with E-state index in [1.54, 1.807) is 30.5 Å². The van der Waals surface area contributed by atoms with Crippen molar-refractivity contribution in [2.75, 3.05) is 0 Å². The van der Waals surface area contributed by atoms with E-state index in [0.717, 1.165) is 0 Å². The first-order chi connectivity index (χ1) is 15.3. The van der Waals surface area contributed by atoms with E-state index in [2.05, 4.69) is 24.9 Å². The van der Waals surface area contributed by atoms with E-state index in [-0.39, 0.29) is 39.8 Å². The summed E-state index contributed by atoms with van der Waals surface area (Å²) in [5, 5.41) is 29.5. The number of nitrogens with zero attached hydrogens (tertiary/aromatic N) is 4.